The van der Waals surface area contributed by atoms with Crippen LogP contribution in [0.25, 0.3) is 11.2 Å². The summed E-state index contributed by atoms with van der Waals surface area (Å²) in [5.74, 6) is 1.48. The van der Waals surface area contributed by atoms with E-state index in [1.165, 1.54) is 19.3 Å². The molecule has 22 heavy (non-hydrogen) atoms. The summed E-state index contributed by atoms with van der Waals surface area (Å²) in [6.45, 7) is 4.41. The maximum Gasteiger partial charge on any atom is 0.327 e. The molecule has 2 atom stereocenters. The number of hydrogen-bond acceptors (Lipinski definition) is 3. The van der Waals surface area contributed by atoms with Crippen molar-refractivity contribution in [2.24, 2.45) is 5.92 Å². The number of nitrogens with one attached hydrogen (secondary N) is 3. The van der Waals surface area contributed by atoms with Crippen LogP contribution in [0.2, 0.25) is 0 Å². The van der Waals surface area contributed by atoms with Crippen LogP contribution in [0.1, 0.15) is 64.6 Å². The highest BCUT2D eigenvalue weighted by atomic mass is 16.2. The van der Waals surface area contributed by atoms with Gasteiger partial charge in [-0.3, -0.25) is 14.8 Å². The van der Waals surface area contributed by atoms with Crippen molar-refractivity contribution in [1.29, 1.82) is 0 Å². The second kappa shape index (κ2) is 5.74. The van der Waals surface area contributed by atoms with E-state index < -0.39 is 11.2 Å². The molecule has 0 aliphatic heterocycles. The van der Waals surface area contributed by atoms with Crippen LogP contribution in [-0.2, 0) is 5.41 Å². The lowest BCUT2D eigenvalue weighted by molar-refractivity contribution is 0.260. The van der Waals surface area contributed by atoms with Gasteiger partial charge in [0.2, 0.25) is 0 Å². The molecule has 6 heteroatoms. The molecule has 2 heterocycles. The molecule has 6 nitrogen and oxygen atoms in total. The molecule has 2 aromatic heterocycles. The molecule has 0 radical (unpaired) electrons. The third kappa shape index (κ3) is 2.30. The molecule has 3 rings (SSSR count). The van der Waals surface area contributed by atoms with E-state index in [1.54, 1.807) is 0 Å². The molecule has 0 spiro atoms. The summed E-state index contributed by atoms with van der Waals surface area (Å²) >= 11 is 0. The summed E-state index contributed by atoms with van der Waals surface area (Å²) in [6, 6.07) is 0. The van der Waals surface area contributed by atoms with E-state index >= 15 is 0 Å². The summed E-state index contributed by atoms with van der Waals surface area (Å²) in [4.78, 5) is 36.1. The molecular formula is C16H24N4O2. The van der Waals surface area contributed by atoms with Crippen LogP contribution in [0, 0.1) is 5.92 Å². The molecule has 2 unspecified atom stereocenters. The predicted molar refractivity (Wildman–Crippen MR) is 86.2 cm³/mol. The zero-order valence-electron chi connectivity index (χ0n) is 13.3. The van der Waals surface area contributed by atoms with Crippen LogP contribution >= 0.6 is 0 Å². The van der Waals surface area contributed by atoms with Crippen molar-refractivity contribution >= 4 is 11.2 Å². The van der Waals surface area contributed by atoms with Crippen molar-refractivity contribution in [2.45, 2.75) is 64.2 Å². The van der Waals surface area contributed by atoms with E-state index in [2.05, 4.69) is 33.8 Å². The van der Waals surface area contributed by atoms with Crippen molar-refractivity contribution in [2.75, 3.05) is 0 Å². The summed E-state index contributed by atoms with van der Waals surface area (Å²) in [5, 5.41) is 0. The molecule has 1 aliphatic rings. The Balaban J connectivity index is 2.14. The standard InChI is InChI=1S/C16H24N4O2/c1-3-6-10-7-5-9-16(10,8-4-2)14-17-11-12(18-14)19-15(22)20-13(11)21/h10H,3-9H2,1-2H3,(H3,17,18,19,20,21,22). The summed E-state index contributed by atoms with van der Waals surface area (Å²) in [6.07, 6.45) is 8.03. The van der Waals surface area contributed by atoms with Crippen molar-refractivity contribution in [1.82, 2.24) is 19.9 Å². The van der Waals surface area contributed by atoms with Crippen LogP contribution < -0.4 is 11.2 Å². The third-order valence-corrected chi connectivity index (χ3v) is 5.15. The number of imidazole rings is 1. The van der Waals surface area contributed by atoms with Gasteiger partial charge in [0.1, 0.15) is 11.3 Å². The fourth-order valence-electron chi connectivity index (χ4n) is 4.29. The highest BCUT2D eigenvalue weighted by molar-refractivity contribution is 5.69. The Labute approximate surface area is 128 Å². The molecule has 3 N–H and O–H groups in total. The smallest absolute Gasteiger partial charge is 0.327 e. The molecule has 0 saturated heterocycles. The maximum absolute atomic E-state index is 12.0. The first-order chi connectivity index (χ1) is 10.6. The fraction of sp³-hybridized carbons (Fsp3) is 0.688. The predicted octanol–water partition coefficient (Wildman–Crippen LogP) is 2.58. The Kier molecular flexibility index (Phi) is 3.93. The Bertz CT molecular complexity index is 772. The first kappa shape index (κ1) is 15.1. The van der Waals surface area contributed by atoms with Gasteiger partial charge in [-0.1, -0.05) is 33.1 Å². The van der Waals surface area contributed by atoms with Gasteiger partial charge in [0.25, 0.3) is 5.56 Å². The van der Waals surface area contributed by atoms with Gasteiger partial charge in [-0.25, -0.2) is 9.78 Å². The SMILES string of the molecule is CCCC1CCCC1(CCC)c1nc2[nH]c(=O)[nH]c(=O)c2[nH]1. The van der Waals surface area contributed by atoms with Gasteiger partial charge in [0, 0.05) is 5.41 Å². The van der Waals surface area contributed by atoms with E-state index in [0.29, 0.717) is 17.1 Å². The van der Waals surface area contributed by atoms with Gasteiger partial charge in [0.15, 0.2) is 5.65 Å². The average Bonchev–Trinajstić information content (AvgIpc) is 3.05. The van der Waals surface area contributed by atoms with E-state index in [9.17, 15) is 9.59 Å². The van der Waals surface area contributed by atoms with E-state index in [4.69, 9.17) is 0 Å². The quantitative estimate of drug-likeness (QED) is 0.792. The lowest BCUT2D eigenvalue weighted by Gasteiger charge is -2.33. The van der Waals surface area contributed by atoms with Crippen LogP contribution in [-0.4, -0.2) is 19.9 Å². The minimum absolute atomic E-state index is 0.0209. The van der Waals surface area contributed by atoms with E-state index in [0.717, 1.165) is 31.5 Å². The minimum Gasteiger partial charge on any atom is -0.336 e. The number of aromatic amines is 3. The lowest BCUT2D eigenvalue weighted by atomic mass is 9.72. The highest BCUT2D eigenvalue weighted by Gasteiger charge is 2.45. The molecule has 0 aromatic carbocycles. The van der Waals surface area contributed by atoms with Gasteiger partial charge in [-0.05, 0) is 31.6 Å². The molecule has 120 valence electrons. The second-order valence-corrected chi connectivity index (χ2v) is 6.50. The number of rotatable bonds is 5. The summed E-state index contributed by atoms with van der Waals surface area (Å²) in [5.41, 5.74) is -0.118. The van der Waals surface area contributed by atoms with E-state index in [1.807, 2.05) is 0 Å². The second-order valence-electron chi connectivity index (χ2n) is 6.50. The number of H-pyrrole nitrogens is 3. The van der Waals surface area contributed by atoms with Gasteiger partial charge >= 0.3 is 5.69 Å². The summed E-state index contributed by atoms with van der Waals surface area (Å²) < 4.78 is 0. The Morgan fingerprint density at radius 1 is 1.18 bits per heavy atom. The van der Waals surface area contributed by atoms with Crippen molar-refractivity contribution in [3.05, 3.63) is 26.7 Å². The zero-order chi connectivity index (χ0) is 15.7. The minimum atomic E-state index is -0.503. The molecule has 2 aromatic rings. The first-order valence-corrected chi connectivity index (χ1v) is 8.33. The van der Waals surface area contributed by atoms with Gasteiger partial charge in [0.05, 0.1) is 0 Å². The van der Waals surface area contributed by atoms with Crippen molar-refractivity contribution in [3.8, 4) is 0 Å². The van der Waals surface area contributed by atoms with Crippen LogP contribution in [0.3, 0.4) is 0 Å². The summed E-state index contributed by atoms with van der Waals surface area (Å²) in [7, 11) is 0. The van der Waals surface area contributed by atoms with Crippen LogP contribution in [0.4, 0.5) is 0 Å². The van der Waals surface area contributed by atoms with Gasteiger partial charge in [-0.2, -0.15) is 0 Å². The maximum atomic E-state index is 12.0. The van der Waals surface area contributed by atoms with Crippen molar-refractivity contribution in [3.63, 3.8) is 0 Å². The molecular weight excluding hydrogens is 280 g/mol. The average molecular weight is 304 g/mol. The lowest BCUT2D eigenvalue weighted by Crippen LogP contribution is -2.32. The van der Waals surface area contributed by atoms with Crippen molar-refractivity contribution < 1.29 is 0 Å². The van der Waals surface area contributed by atoms with Gasteiger partial charge in [-0.15, -0.1) is 0 Å². The fourth-order valence-corrected chi connectivity index (χ4v) is 4.29. The number of nitrogens with zero attached hydrogens (tertiary/aromatic N) is 1. The third-order valence-electron chi connectivity index (χ3n) is 5.15. The van der Waals surface area contributed by atoms with Crippen LogP contribution in [0.5, 0.6) is 0 Å². The largest absolute Gasteiger partial charge is 0.336 e. The zero-order valence-corrected chi connectivity index (χ0v) is 13.3. The molecule has 0 bridgehead atoms. The molecule has 1 fully saturated rings. The number of hydrogen-bond donors (Lipinski definition) is 3. The Morgan fingerprint density at radius 3 is 2.73 bits per heavy atom. The molecule has 0 amide bonds. The van der Waals surface area contributed by atoms with Crippen LogP contribution in [0.15, 0.2) is 9.59 Å². The topological polar surface area (TPSA) is 94.4 Å². The Morgan fingerprint density at radius 2 is 2.00 bits per heavy atom. The Hall–Kier alpha value is -1.85. The van der Waals surface area contributed by atoms with Gasteiger partial charge < -0.3 is 4.98 Å². The van der Waals surface area contributed by atoms with E-state index in [-0.39, 0.29) is 5.41 Å². The molecule has 1 aliphatic carbocycles. The highest BCUT2D eigenvalue weighted by Crippen LogP contribution is 2.49. The molecule has 1 saturated carbocycles. The first-order valence-electron chi connectivity index (χ1n) is 8.33. The monoisotopic (exact) mass is 304 g/mol. The number of aromatic nitrogens is 4. The normalized spacial score (nSPS) is 25.1. The number of fused-ring (bicyclic) bond motifs is 1.